The van der Waals surface area contributed by atoms with Crippen molar-refractivity contribution in [1.29, 1.82) is 5.26 Å². The molecule has 5 nitrogen and oxygen atoms in total. The Labute approximate surface area is 162 Å². The quantitative estimate of drug-likeness (QED) is 0.712. The molecular formula is C21H18N2O3S. The van der Waals surface area contributed by atoms with Crippen molar-refractivity contribution in [2.75, 3.05) is 0 Å². The van der Waals surface area contributed by atoms with Crippen LogP contribution >= 0.6 is 11.8 Å². The highest BCUT2D eigenvalue weighted by Gasteiger charge is 2.36. The van der Waals surface area contributed by atoms with Gasteiger partial charge in [0.25, 0.3) is 11.1 Å². The van der Waals surface area contributed by atoms with E-state index in [1.165, 1.54) is 4.90 Å². The van der Waals surface area contributed by atoms with Crippen LogP contribution < -0.4 is 4.74 Å². The van der Waals surface area contributed by atoms with Crippen LogP contribution in [0, 0.1) is 11.3 Å². The summed E-state index contributed by atoms with van der Waals surface area (Å²) >= 11 is 0.934. The van der Waals surface area contributed by atoms with E-state index in [2.05, 4.69) is 6.07 Å². The summed E-state index contributed by atoms with van der Waals surface area (Å²) in [7, 11) is 0. The normalized spacial score (nSPS) is 15.5. The SMILES string of the molecule is CC(C)N1C(=O)S/C(=C\c2ccccc2OCc2ccccc2C#N)C1=O. The number of hydrogen-bond acceptors (Lipinski definition) is 5. The van der Waals surface area contributed by atoms with Crippen molar-refractivity contribution in [2.45, 2.75) is 26.5 Å². The highest BCUT2D eigenvalue weighted by Crippen LogP contribution is 2.35. The summed E-state index contributed by atoms with van der Waals surface area (Å²) in [6, 6.07) is 16.5. The lowest BCUT2D eigenvalue weighted by atomic mass is 10.1. The molecule has 1 aliphatic heterocycles. The van der Waals surface area contributed by atoms with Gasteiger partial charge in [-0.3, -0.25) is 14.5 Å². The Bertz CT molecular complexity index is 960. The molecule has 1 saturated heterocycles. The molecule has 0 aromatic heterocycles. The fourth-order valence-electron chi connectivity index (χ4n) is 2.71. The lowest BCUT2D eigenvalue weighted by Gasteiger charge is -2.16. The van der Waals surface area contributed by atoms with Crippen molar-refractivity contribution in [1.82, 2.24) is 4.90 Å². The van der Waals surface area contributed by atoms with E-state index in [1.807, 2.05) is 44.2 Å². The van der Waals surface area contributed by atoms with Gasteiger partial charge in [0, 0.05) is 17.2 Å². The number of nitrogens with zero attached hydrogens (tertiary/aromatic N) is 2. The van der Waals surface area contributed by atoms with Crippen molar-refractivity contribution in [3.8, 4) is 11.8 Å². The molecule has 136 valence electrons. The number of amides is 2. The molecule has 0 saturated carbocycles. The number of benzene rings is 2. The van der Waals surface area contributed by atoms with Gasteiger partial charge in [0.15, 0.2) is 0 Å². The first-order valence-corrected chi connectivity index (χ1v) is 9.30. The van der Waals surface area contributed by atoms with Gasteiger partial charge in [-0.25, -0.2) is 0 Å². The fourth-order valence-corrected chi connectivity index (χ4v) is 3.66. The molecule has 0 bridgehead atoms. The Morgan fingerprint density at radius 2 is 1.85 bits per heavy atom. The van der Waals surface area contributed by atoms with Gasteiger partial charge < -0.3 is 4.74 Å². The molecule has 27 heavy (non-hydrogen) atoms. The van der Waals surface area contributed by atoms with Crippen LogP contribution in [0.5, 0.6) is 5.75 Å². The summed E-state index contributed by atoms with van der Waals surface area (Å²) < 4.78 is 5.90. The molecule has 0 aliphatic carbocycles. The number of hydrogen-bond donors (Lipinski definition) is 0. The zero-order valence-electron chi connectivity index (χ0n) is 15.0. The maximum absolute atomic E-state index is 12.5. The zero-order valence-corrected chi connectivity index (χ0v) is 15.8. The Hall–Kier alpha value is -3.04. The summed E-state index contributed by atoms with van der Waals surface area (Å²) in [5.41, 5.74) is 2.06. The minimum absolute atomic E-state index is 0.183. The molecule has 2 aromatic rings. The van der Waals surface area contributed by atoms with Crippen LogP contribution in [0.3, 0.4) is 0 Å². The van der Waals surface area contributed by atoms with E-state index in [4.69, 9.17) is 4.74 Å². The number of thioether (sulfide) groups is 1. The van der Waals surface area contributed by atoms with Crippen LogP contribution in [0.1, 0.15) is 30.5 Å². The summed E-state index contributed by atoms with van der Waals surface area (Å²) in [5.74, 6) is 0.297. The third-order valence-corrected chi connectivity index (χ3v) is 4.95. The van der Waals surface area contributed by atoms with Gasteiger partial charge in [-0.1, -0.05) is 36.4 Å². The molecule has 6 heteroatoms. The number of rotatable bonds is 5. The molecule has 0 atom stereocenters. The number of carbonyl (C=O) groups excluding carboxylic acids is 2. The predicted molar refractivity (Wildman–Crippen MR) is 105 cm³/mol. The Kier molecular flexibility index (Phi) is 5.63. The number of carbonyl (C=O) groups is 2. The predicted octanol–water partition coefficient (Wildman–Crippen LogP) is 4.58. The third-order valence-electron chi connectivity index (χ3n) is 4.07. The maximum atomic E-state index is 12.5. The first-order valence-electron chi connectivity index (χ1n) is 8.48. The lowest BCUT2D eigenvalue weighted by molar-refractivity contribution is -0.123. The van der Waals surface area contributed by atoms with Crippen molar-refractivity contribution in [2.24, 2.45) is 0 Å². The molecule has 3 rings (SSSR count). The first kappa shape index (κ1) is 18.7. The Balaban J connectivity index is 1.84. The number of para-hydroxylation sites is 1. The van der Waals surface area contributed by atoms with E-state index in [-0.39, 0.29) is 23.8 Å². The molecule has 1 aliphatic rings. The topological polar surface area (TPSA) is 70.4 Å². The van der Waals surface area contributed by atoms with Gasteiger partial charge in [-0.2, -0.15) is 5.26 Å². The number of imide groups is 1. The molecule has 1 heterocycles. The monoisotopic (exact) mass is 378 g/mol. The van der Waals surface area contributed by atoms with Crippen LogP contribution in [0.2, 0.25) is 0 Å². The summed E-state index contributed by atoms with van der Waals surface area (Å²) in [5, 5.41) is 8.93. The minimum Gasteiger partial charge on any atom is -0.488 e. The van der Waals surface area contributed by atoms with Gasteiger partial charge >= 0.3 is 0 Å². The van der Waals surface area contributed by atoms with Crippen LogP contribution in [0.4, 0.5) is 4.79 Å². The van der Waals surface area contributed by atoms with E-state index >= 15 is 0 Å². The molecule has 0 spiro atoms. The first-order chi connectivity index (χ1) is 13.0. The second kappa shape index (κ2) is 8.11. The van der Waals surface area contributed by atoms with E-state index in [1.54, 1.807) is 24.3 Å². The van der Waals surface area contributed by atoms with Crippen molar-refractivity contribution >= 4 is 29.0 Å². The molecular weight excluding hydrogens is 360 g/mol. The summed E-state index contributed by atoms with van der Waals surface area (Å²) in [6.45, 7) is 3.86. The molecule has 0 unspecified atom stereocenters. The highest BCUT2D eigenvalue weighted by atomic mass is 32.2. The summed E-state index contributed by atoms with van der Waals surface area (Å²) in [6.07, 6.45) is 1.68. The second-order valence-electron chi connectivity index (χ2n) is 6.24. The lowest BCUT2D eigenvalue weighted by Crippen LogP contribution is -2.34. The highest BCUT2D eigenvalue weighted by molar-refractivity contribution is 8.18. The van der Waals surface area contributed by atoms with E-state index in [0.29, 0.717) is 21.8 Å². The van der Waals surface area contributed by atoms with Crippen LogP contribution in [0.15, 0.2) is 53.4 Å². The van der Waals surface area contributed by atoms with E-state index in [9.17, 15) is 14.9 Å². The third kappa shape index (κ3) is 4.04. The molecule has 2 aromatic carbocycles. The fraction of sp³-hybridized carbons (Fsp3) is 0.190. The van der Waals surface area contributed by atoms with E-state index in [0.717, 1.165) is 17.3 Å². The zero-order chi connectivity index (χ0) is 19.4. The largest absolute Gasteiger partial charge is 0.488 e. The van der Waals surface area contributed by atoms with Crippen molar-refractivity contribution in [3.05, 3.63) is 70.1 Å². The number of nitriles is 1. The standard InChI is InChI=1S/C21H18N2O3S/c1-14(2)23-20(24)19(27-21(23)25)11-15-7-5-6-10-18(15)26-13-17-9-4-3-8-16(17)12-22/h3-11,14H,13H2,1-2H3/b19-11-. The maximum Gasteiger partial charge on any atom is 0.293 e. The van der Waals surface area contributed by atoms with Crippen molar-refractivity contribution in [3.63, 3.8) is 0 Å². The van der Waals surface area contributed by atoms with Gasteiger partial charge in [-0.15, -0.1) is 0 Å². The van der Waals surface area contributed by atoms with Gasteiger partial charge in [0.2, 0.25) is 0 Å². The average molecular weight is 378 g/mol. The molecule has 0 N–H and O–H groups in total. The van der Waals surface area contributed by atoms with E-state index < -0.39 is 0 Å². The summed E-state index contributed by atoms with van der Waals surface area (Å²) in [4.78, 5) is 26.2. The van der Waals surface area contributed by atoms with Gasteiger partial charge in [0.1, 0.15) is 12.4 Å². The Morgan fingerprint density at radius 1 is 1.15 bits per heavy atom. The molecule has 0 radical (unpaired) electrons. The van der Waals surface area contributed by atoms with Crippen LogP contribution in [-0.2, 0) is 11.4 Å². The molecule has 2 amide bonds. The van der Waals surface area contributed by atoms with Crippen LogP contribution in [0.25, 0.3) is 6.08 Å². The van der Waals surface area contributed by atoms with Gasteiger partial charge in [-0.05, 0) is 43.8 Å². The minimum atomic E-state index is -0.287. The van der Waals surface area contributed by atoms with Crippen LogP contribution in [-0.4, -0.2) is 22.1 Å². The van der Waals surface area contributed by atoms with Crippen molar-refractivity contribution < 1.29 is 14.3 Å². The average Bonchev–Trinajstić information content (AvgIpc) is 2.94. The smallest absolute Gasteiger partial charge is 0.293 e. The number of ether oxygens (including phenoxy) is 1. The van der Waals surface area contributed by atoms with Gasteiger partial charge in [0.05, 0.1) is 16.5 Å². The molecule has 1 fully saturated rings. The second-order valence-corrected chi connectivity index (χ2v) is 7.23. The Morgan fingerprint density at radius 3 is 2.56 bits per heavy atom.